The molecule has 1 amide bonds. The number of halogens is 1. The molecule has 2 aromatic rings. The Kier molecular flexibility index (Phi) is 7.09. The topological polar surface area (TPSA) is 71.5 Å². The number of nitrogens with one attached hydrogen (secondary N) is 1. The van der Waals surface area contributed by atoms with Crippen molar-refractivity contribution in [3.63, 3.8) is 0 Å². The summed E-state index contributed by atoms with van der Waals surface area (Å²) in [6, 6.07) is 9.49. The molecule has 0 atom stereocenters. The van der Waals surface area contributed by atoms with Gasteiger partial charge < -0.3 is 15.0 Å². The van der Waals surface area contributed by atoms with Crippen LogP contribution in [0, 0.1) is 13.8 Å². The van der Waals surface area contributed by atoms with Crippen molar-refractivity contribution < 1.29 is 14.3 Å². The molecule has 0 bridgehead atoms. The van der Waals surface area contributed by atoms with E-state index in [-0.39, 0.29) is 10.7 Å². The molecule has 6 nitrogen and oxygen atoms in total. The van der Waals surface area contributed by atoms with Crippen molar-refractivity contribution >= 4 is 34.9 Å². The van der Waals surface area contributed by atoms with Crippen LogP contribution < -0.4 is 10.2 Å². The first-order valence-corrected chi connectivity index (χ1v) is 10.3. The van der Waals surface area contributed by atoms with E-state index in [1.165, 1.54) is 25.7 Å². The van der Waals surface area contributed by atoms with Crippen molar-refractivity contribution in [3.8, 4) is 0 Å². The number of rotatable bonds is 5. The normalized spacial score (nSPS) is 14.2. The van der Waals surface area contributed by atoms with Gasteiger partial charge in [-0.3, -0.25) is 4.79 Å². The highest BCUT2D eigenvalue weighted by atomic mass is 35.5. The van der Waals surface area contributed by atoms with Crippen LogP contribution in [0.2, 0.25) is 5.15 Å². The number of benzene rings is 1. The van der Waals surface area contributed by atoms with Crippen LogP contribution in [-0.2, 0) is 9.53 Å². The van der Waals surface area contributed by atoms with E-state index in [1.54, 1.807) is 19.9 Å². The lowest BCUT2D eigenvalue weighted by Crippen LogP contribution is -2.24. The maximum Gasteiger partial charge on any atom is 0.342 e. The number of amides is 1. The van der Waals surface area contributed by atoms with E-state index in [9.17, 15) is 9.59 Å². The Balaban J connectivity index is 1.53. The summed E-state index contributed by atoms with van der Waals surface area (Å²) >= 11 is 6.05. The summed E-state index contributed by atoms with van der Waals surface area (Å²) in [6.07, 6.45) is 4.99. The van der Waals surface area contributed by atoms with Gasteiger partial charge in [-0.25, -0.2) is 9.78 Å². The van der Waals surface area contributed by atoms with Crippen LogP contribution >= 0.6 is 11.6 Å². The van der Waals surface area contributed by atoms with Gasteiger partial charge in [-0.1, -0.05) is 24.4 Å². The number of esters is 1. The number of pyridine rings is 1. The van der Waals surface area contributed by atoms with Gasteiger partial charge in [-0.2, -0.15) is 0 Å². The second-order valence-corrected chi connectivity index (χ2v) is 7.68. The third kappa shape index (κ3) is 5.70. The fourth-order valence-electron chi connectivity index (χ4n) is 3.52. The molecule has 7 heteroatoms. The minimum absolute atomic E-state index is 0.0806. The van der Waals surface area contributed by atoms with Crippen molar-refractivity contribution in [1.29, 1.82) is 0 Å². The lowest BCUT2D eigenvalue weighted by molar-refractivity contribution is -0.119. The molecule has 1 N–H and O–H groups in total. The number of aromatic nitrogens is 1. The molecule has 0 spiro atoms. The van der Waals surface area contributed by atoms with Crippen molar-refractivity contribution in [2.75, 3.05) is 29.9 Å². The van der Waals surface area contributed by atoms with Crippen LogP contribution in [0.25, 0.3) is 0 Å². The summed E-state index contributed by atoms with van der Waals surface area (Å²) in [5, 5.41) is 2.83. The van der Waals surface area contributed by atoms with Gasteiger partial charge in [0.15, 0.2) is 6.61 Å². The van der Waals surface area contributed by atoms with E-state index in [1.807, 2.05) is 24.3 Å². The van der Waals surface area contributed by atoms with E-state index < -0.39 is 18.5 Å². The molecule has 1 aromatic carbocycles. The molecule has 1 aliphatic heterocycles. The van der Waals surface area contributed by atoms with Gasteiger partial charge in [0.2, 0.25) is 0 Å². The zero-order valence-electron chi connectivity index (χ0n) is 16.8. The molecule has 1 aromatic heterocycles. The smallest absolute Gasteiger partial charge is 0.342 e. The van der Waals surface area contributed by atoms with Gasteiger partial charge in [-0.15, -0.1) is 0 Å². The molecule has 1 saturated heterocycles. The first-order valence-electron chi connectivity index (χ1n) is 9.90. The number of hydrogen-bond donors (Lipinski definition) is 1. The summed E-state index contributed by atoms with van der Waals surface area (Å²) < 4.78 is 5.11. The quantitative estimate of drug-likeness (QED) is 0.573. The molecule has 0 unspecified atom stereocenters. The summed E-state index contributed by atoms with van der Waals surface area (Å²) in [5.41, 5.74) is 3.39. The standard InChI is InChI=1S/C22H26ClN3O3/c1-15-13-16(2)24-21(23)20(15)22(28)29-14-19(27)25-17-7-9-18(10-8-17)26-11-5-3-4-6-12-26/h7-10,13H,3-6,11-12,14H2,1-2H3,(H,25,27). The highest BCUT2D eigenvalue weighted by Gasteiger charge is 2.18. The van der Waals surface area contributed by atoms with E-state index in [0.29, 0.717) is 16.9 Å². The van der Waals surface area contributed by atoms with E-state index in [0.717, 1.165) is 18.8 Å². The minimum Gasteiger partial charge on any atom is -0.452 e. The average Bonchev–Trinajstić information content (AvgIpc) is 2.96. The van der Waals surface area contributed by atoms with Gasteiger partial charge in [0.25, 0.3) is 5.91 Å². The van der Waals surface area contributed by atoms with Crippen molar-refractivity contribution in [3.05, 3.63) is 52.3 Å². The highest BCUT2D eigenvalue weighted by molar-refractivity contribution is 6.32. The maximum atomic E-state index is 12.3. The van der Waals surface area contributed by atoms with Gasteiger partial charge in [0.1, 0.15) is 5.15 Å². The zero-order chi connectivity index (χ0) is 20.8. The van der Waals surface area contributed by atoms with Crippen LogP contribution in [0.15, 0.2) is 30.3 Å². The highest BCUT2D eigenvalue weighted by Crippen LogP contribution is 2.22. The van der Waals surface area contributed by atoms with Crippen molar-refractivity contribution in [1.82, 2.24) is 4.98 Å². The molecule has 1 aliphatic rings. The number of anilines is 2. The Morgan fingerprint density at radius 3 is 2.38 bits per heavy atom. The van der Waals surface area contributed by atoms with Crippen molar-refractivity contribution in [2.45, 2.75) is 39.5 Å². The molecule has 0 saturated carbocycles. The van der Waals surface area contributed by atoms with Crippen LogP contribution in [0.1, 0.15) is 47.3 Å². The Hall–Kier alpha value is -2.60. The fourth-order valence-corrected chi connectivity index (χ4v) is 3.88. The SMILES string of the molecule is Cc1cc(C)c(C(=O)OCC(=O)Nc2ccc(N3CCCCCC3)cc2)c(Cl)n1. The Morgan fingerprint density at radius 1 is 1.10 bits per heavy atom. The monoisotopic (exact) mass is 415 g/mol. The molecule has 0 aliphatic carbocycles. The molecule has 154 valence electrons. The minimum atomic E-state index is -0.660. The zero-order valence-corrected chi connectivity index (χ0v) is 17.6. The van der Waals surface area contributed by atoms with Crippen molar-refractivity contribution in [2.24, 2.45) is 0 Å². The second kappa shape index (κ2) is 9.74. The average molecular weight is 416 g/mol. The van der Waals surface area contributed by atoms with Crippen LogP contribution in [0.3, 0.4) is 0 Å². The second-order valence-electron chi connectivity index (χ2n) is 7.32. The number of nitrogens with zero attached hydrogens (tertiary/aromatic N) is 2. The molecule has 2 heterocycles. The molecule has 0 radical (unpaired) electrons. The third-order valence-corrected chi connectivity index (χ3v) is 5.23. The molecule has 1 fully saturated rings. The van der Waals surface area contributed by atoms with E-state index >= 15 is 0 Å². The first kappa shape index (κ1) is 21.1. The molecule has 3 rings (SSSR count). The Morgan fingerprint density at radius 2 is 1.76 bits per heavy atom. The van der Waals surface area contributed by atoms with Gasteiger partial charge in [0, 0.05) is 30.2 Å². The fraction of sp³-hybridized carbons (Fsp3) is 0.409. The number of carbonyl (C=O) groups is 2. The molecule has 29 heavy (non-hydrogen) atoms. The summed E-state index contributed by atoms with van der Waals surface area (Å²) in [4.78, 5) is 30.9. The van der Waals surface area contributed by atoms with Gasteiger partial charge >= 0.3 is 5.97 Å². The molecular formula is C22H26ClN3O3. The lowest BCUT2D eigenvalue weighted by Gasteiger charge is -2.22. The summed E-state index contributed by atoms with van der Waals surface area (Å²) in [7, 11) is 0. The van der Waals surface area contributed by atoms with Crippen LogP contribution in [0.5, 0.6) is 0 Å². The van der Waals surface area contributed by atoms with Crippen LogP contribution in [0.4, 0.5) is 11.4 Å². The van der Waals surface area contributed by atoms with E-state index in [2.05, 4.69) is 15.2 Å². The predicted octanol–water partition coefficient (Wildman–Crippen LogP) is 4.53. The number of aryl methyl sites for hydroxylation is 2. The van der Waals surface area contributed by atoms with Gasteiger partial charge in [-0.05, 0) is 62.6 Å². The third-order valence-electron chi connectivity index (χ3n) is 4.96. The first-order chi connectivity index (χ1) is 13.9. The Labute approximate surface area is 176 Å². The van der Waals surface area contributed by atoms with Gasteiger partial charge in [0.05, 0.1) is 5.56 Å². The maximum absolute atomic E-state index is 12.3. The number of hydrogen-bond acceptors (Lipinski definition) is 5. The predicted molar refractivity (Wildman–Crippen MR) is 115 cm³/mol. The van der Waals surface area contributed by atoms with E-state index in [4.69, 9.17) is 16.3 Å². The number of carbonyl (C=O) groups excluding carboxylic acids is 2. The lowest BCUT2D eigenvalue weighted by atomic mass is 10.1. The summed E-state index contributed by atoms with van der Waals surface area (Å²) in [5.74, 6) is -1.07. The summed E-state index contributed by atoms with van der Waals surface area (Å²) in [6.45, 7) is 5.29. The number of ether oxygens (including phenoxy) is 1. The largest absolute Gasteiger partial charge is 0.452 e. The Bertz CT molecular complexity index is 852. The van der Waals surface area contributed by atoms with Crippen LogP contribution in [-0.4, -0.2) is 36.6 Å². The molecular weight excluding hydrogens is 390 g/mol.